The van der Waals surface area contributed by atoms with Crippen LogP contribution in [-0.2, 0) is 6.54 Å². The lowest BCUT2D eigenvalue weighted by Gasteiger charge is -2.39. The molecule has 4 rings (SSSR count). The number of benzene rings is 2. The zero-order valence-electron chi connectivity index (χ0n) is 18.2. The molecule has 0 saturated carbocycles. The average molecular weight is 443 g/mol. The van der Waals surface area contributed by atoms with Gasteiger partial charge in [-0.2, -0.15) is 0 Å². The van der Waals surface area contributed by atoms with Crippen molar-refractivity contribution < 1.29 is 4.74 Å². The molecule has 1 aromatic heterocycles. The van der Waals surface area contributed by atoms with Gasteiger partial charge >= 0.3 is 0 Å². The minimum atomic E-state index is 0. The van der Waals surface area contributed by atoms with Gasteiger partial charge in [0.25, 0.3) is 0 Å². The molecule has 166 valence electrons. The summed E-state index contributed by atoms with van der Waals surface area (Å²) in [6, 6.07) is 19.0. The van der Waals surface area contributed by atoms with E-state index in [1.54, 1.807) is 7.11 Å². The van der Waals surface area contributed by atoms with Gasteiger partial charge < -0.3 is 9.64 Å². The summed E-state index contributed by atoms with van der Waals surface area (Å²) in [4.78, 5) is 4.97. The molecule has 0 radical (unpaired) electrons. The van der Waals surface area contributed by atoms with Crippen LogP contribution in [0.2, 0.25) is 0 Å². The molecule has 7 nitrogen and oxygen atoms in total. The summed E-state index contributed by atoms with van der Waals surface area (Å²) in [5.74, 6) is 1.87. The zero-order valence-corrected chi connectivity index (χ0v) is 19.0. The van der Waals surface area contributed by atoms with Crippen molar-refractivity contribution in [2.24, 2.45) is 0 Å². The first-order valence-corrected chi connectivity index (χ1v) is 10.7. The molecule has 0 N–H and O–H groups in total. The number of ether oxygens (including phenoxy) is 1. The largest absolute Gasteiger partial charge is 0.497 e. The van der Waals surface area contributed by atoms with Crippen molar-refractivity contribution in [1.82, 2.24) is 25.1 Å². The van der Waals surface area contributed by atoms with E-state index in [1.165, 1.54) is 11.3 Å². The highest BCUT2D eigenvalue weighted by atomic mass is 35.5. The van der Waals surface area contributed by atoms with E-state index in [0.29, 0.717) is 6.54 Å². The van der Waals surface area contributed by atoms with Crippen LogP contribution in [0.4, 0.5) is 5.69 Å². The number of hydrogen-bond acceptors (Lipinski definition) is 6. The summed E-state index contributed by atoms with van der Waals surface area (Å²) in [7, 11) is 1.70. The third kappa shape index (κ3) is 5.54. The smallest absolute Gasteiger partial charge is 0.168 e. The molecule has 0 amide bonds. The molecule has 3 aromatic rings. The molecule has 8 heteroatoms. The van der Waals surface area contributed by atoms with Crippen LogP contribution in [0.1, 0.15) is 37.2 Å². The topological polar surface area (TPSA) is 59.3 Å². The number of piperazine rings is 1. The Kier molecular flexibility index (Phi) is 8.26. The molecule has 1 atom stereocenters. The van der Waals surface area contributed by atoms with E-state index in [0.717, 1.165) is 50.6 Å². The summed E-state index contributed by atoms with van der Waals surface area (Å²) >= 11 is 0. The number of methoxy groups -OCH3 is 1. The van der Waals surface area contributed by atoms with Crippen molar-refractivity contribution in [3.05, 3.63) is 66.0 Å². The van der Waals surface area contributed by atoms with Gasteiger partial charge in [0, 0.05) is 31.9 Å². The molecule has 0 aliphatic carbocycles. The van der Waals surface area contributed by atoms with Crippen LogP contribution in [0.5, 0.6) is 5.75 Å². The number of nitrogens with zero attached hydrogens (tertiary/aromatic N) is 6. The maximum atomic E-state index is 5.28. The first-order chi connectivity index (χ1) is 14.8. The SMILES string of the molecule is CCCC(c1nnnn1Cc1ccccc1)N1CCN(c2ccc(OC)cc2)CC1.Cl. The Hall–Kier alpha value is -2.64. The third-order valence-corrected chi connectivity index (χ3v) is 5.79. The molecule has 1 unspecified atom stereocenters. The van der Waals surface area contributed by atoms with E-state index < -0.39 is 0 Å². The van der Waals surface area contributed by atoms with E-state index in [4.69, 9.17) is 4.74 Å². The Morgan fingerprint density at radius 1 is 0.968 bits per heavy atom. The van der Waals surface area contributed by atoms with Gasteiger partial charge in [0.15, 0.2) is 5.82 Å². The van der Waals surface area contributed by atoms with Crippen LogP contribution in [0.15, 0.2) is 54.6 Å². The van der Waals surface area contributed by atoms with E-state index in [2.05, 4.69) is 68.6 Å². The van der Waals surface area contributed by atoms with Crippen molar-refractivity contribution in [3.63, 3.8) is 0 Å². The molecule has 1 fully saturated rings. The summed E-state index contributed by atoms with van der Waals surface area (Å²) in [5, 5.41) is 12.7. The number of halogens is 1. The standard InChI is InChI=1S/C23H30N6O.ClH/c1-3-7-22(23-24-25-26-29(23)18-19-8-5-4-6-9-19)28-16-14-27(15-17-28)20-10-12-21(30-2)13-11-20;/h4-6,8-13,22H,3,7,14-18H2,1-2H3;1H. The Bertz CT molecular complexity index is 909. The zero-order chi connectivity index (χ0) is 20.8. The van der Waals surface area contributed by atoms with Crippen LogP contribution in [0.3, 0.4) is 0 Å². The molecular formula is C23H31ClN6O. The van der Waals surface area contributed by atoms with E-state index >= 15 is 0 Å². The van der Waals surface area contributed by atoms with Crippen LogP contribution >= 0.6 is 12.4 Å². The minimum Gasteiger partial charge on any atom is -0.497 e. The highest BCUT2D eigenvalue weighted by molar-refractivity contribution is 5.85. The number of anilines is 1. The van der Waals surface area contributed by atoms with Crippen molar-refractivity contribution >= 4 is 18.1 Å². The monoisotopic (exact) mass is 442 g/mol. The normalized spacial score (nSPS) is 15.4. The number of aromatic nitrogens is 4. The fourth-order valence-corrected chi connectivity index (χ4v) is 4.15. The Balaban J connectivity index is 0.00000272. The highest BCUT2D eigenvalue weighted by Gasteiger charge is 2.28. The first kappa shape index (κ1) is 23.0. The second-order valence-corrected chi connectivity index (χ2v) is 7.71. The van der Waals surface area contributed by atoms with Gasteiger partial charge in [-0.15, -0.1) is 17.5 Å². The van der Waals surface area contributed by atoms with Gasteiger partial charge in [0.05, 0.1) is 19.7 Å². The van der Waals surface area contributed by atoms with Gasteiger partial charge in [-0.3, -0.25) is 4.90 Å². The number of hydrogen-bond donors (Lipinski definition) is 0. The molecule has 1 aliphatic rings. The molecule has 1 saturated heterocycles. The predicted molar refractivity (Wildman–Crippen MR) is 125 cm³/mol. The van der Waals surface area contributed by atoms with Crippen LogP contribution < -0.4 is 9.64 Å². The van der Waals surface area contributed by atoms with Crippen LogP contribution in [-0.4, -0.2) is 58.4 Å². The van der Waals surface area contributed by atoms with Crippen molar-refractivity contribution in [1.29, 1.82) is 0 Å². The van der Waals surface area contributed by atoms with Crippen molar-refractivity contribution in [3.8, 4) is 5.75 Å². The summed E-state index contributed by atoms with van der Waals surface area (Å²) in [6.07, 6.45) is 2.15. The van der Waals surface area contributed by atoms with Gasteiger partial charge in [-0.1, -0.05) is 43.7 Å². The number of tetrazole rings is 1. The van der Waals surface area contributed by atoms with Crippen molar-refractivity contribution in [2.75, 3.05) is 38.2 Å². The lowest BCUT2D eigenvalue weighted by Crippen LogP contribution is -2.48. The van der Waals surface area contributed by atoms with Gasteiger partial charge in [-0.05, 0) is 46.7 Å². The fourth-order valence-electron chi connectivity index (χ4n) is 4.15. The molecule has 2 heterocycles. The first-order valence-electron chi connectivity index (χ1n) is 10.7. The van der Waals surface area contributed by atoms with Gasteiger partial charge in [0.2, 0.25) is 0 Å². The second-order valence-electron chi connectivity index (χ2n) is 7.71. The van der Waals surface area contributed by atoms with E-state index in [-0.39, 0.29) is 18.4 Å². The van der Waals surface area contributed by atoms with Crippen LogP contribution in [0.25, 0.3) is 0 Å². The van der Waals surface area contributed by atoms with E-state index in [1.807, 2.05) is 22.9 Å². The molecule has 2 aromatic carbocycles. The summed E-state index contributed by atoms with van der Waals surface area (Å²) in [5.41, 5.74) is 2.46. The van der Waals surface area contributed by atoms with Gasteiger partial charge in [0.1, 0.15) is 5.75 Å². The number of rotatable bonds is 8. The van der Waals surface area contributed by atoms with Gasteiger partial charge in [-0.25, -0.2) is 4.68 Å². The molecule has 1 aliphatic heterocycles. The molecule has 0 spiro atoms. The Morgan fingerprint density at radius 3 is 2.32 bits per heavy atom. The molecule has 31 heavy (non-hydrogen) atoms. The maximum Gasteiger partial charge on any atom is 0.168 e. The lowest BCUT2D eigenvalue weighted by atomic mass is 10.1. The predicted octanol–water partition coefficient (Wildman–Crippen LogP) is 3.82. The van der Waals surface area contributed by atoms with E-state index in [9.17, 15) is 0 Å². The van der Waals surface area contributed by atoms with Crippen LogP contribution in [0, 0.1) is 0 Å². The van der Waals surface area contributed by atoms with Crippen molar-refractivity contribution in [2.45, 2.75) is 32.4 Å². The third-order valence-electron chi connectivity index (χ3n) is 5.79. The quantitative estimate of drug-likeness (QED) is 0.528. The fraction of sp³-hybridized carbons (Fsp3) is 0.435. The summed E-state index contributed by atoms with van der Waals surface area (Å²) in [6.45, 7) is 6.91. The molecule has 0 bridgehead atoms. The lowest BCUT2D eigenvalue weighted by molar-refractivity contribution is 0.164. The Labute approximate surface area is 190 Å². The maximum absolute atomic E-state index is 5.28. The second kappa shape index (κ2) is 11.1. The Morgan fingerprint density at radius 2 is 1.68 bits per heavy atom. The molecular weight excluding hydrogens is 412 g/mol. The summed E-state index contributed by atoms with van der Waals surface area (Å²) < 4.78 is 7.24. The minimum absolute atomic E-state index is 0. The highest BCUT2D eigenvalue weighted by Crippen LogP contribution is 2.27. The average Bonchev–Trinajstić information content (AvgIpc) is 3.26.